The molecule has 0 aliphatic carbocycles. The van der Waals surface area contributed by atoms with Crippen LogP contribution < -0.4 is 10.6 Å². The van der Waals surface area contributed by atoms with Crippen LogP contribution in [0.1, 0.15) is 34.6 Å². The number of amides is 4. The zero-order valence-corrected chi connectivity index (χ0v) is 18.1. The van der Waals surface area contributed by atoms with Crippen molar-refractivity contribution < 1.29 is 18.8 Å². The normalized spacial score (nSPS) is 13.8. The number of hydrogen-bond acceptors (Lipinski definition) is 3. The van der Waals surface area contributed by atoms with Crippen LogP contribution in [-0.4, -0.2) is 59.9 Å². The van der Waals surface area contributed by atoms with Crippen LogP contribution in [0.3, 0.4) is 0 Å². The monoisotopic (exact) mass is 446 g/mol. The summed E-state index contributed by atoms with van der Waals surface area (Å²) in [5.74, 6) is -1.28. The Morgan fingerprint density at radius 3 is 2.26 bits per heavy atom. The van der Waals surface area contributed by atoms with E-state index in [1.165, 1.54) is 17.0 Å². The number of piperazine rings is 1. The van der Waals surface area contributed by atoms with Gasteiger partial charge >= 0.3 is 6.03 Å². The Morgan fingerprint density at radius 2 is 1.61 bits per heavy atom. The molecule has 31 heavy (non-hydrogen) atoms. The molecule has 0 aromatic heterocycles. The average molecular weight is 447 g/mol. The number of carbonyl (C=O) groups excluding carboxylic acids is 3. The van der Waals surface area contributed by atoms with E-state index in [1.54, 1.807) is 29.2 Å². The topological polar surface area (TPSA) is 81.8 Å². The number of nitrogens with one attached hydrogen (secondary N) is 2. The van der Waals surface area contributed by atoms with Gasteiger partial charge in [-0.3, -0.25) is 9.59 Å². The highest BCUT2D eigenvalue weighted by molar-refractivity contribution is 6.31. The van der Waals surface area contributed by atoms with Crippen molar-refractivity contribution in [3.63, 3.8) is 0 Å². The first-order chi connectivity index (χ1) is 14.7. The molecular formula is C22H24ClFN4O3. The predicted molar refractivity (Wildman–Crippen MR) is 117 cm³/mol. The van der Waals surface area contributed by atoms with Crippen LogP contribution in [0.25, 0.3) is 0 Å². The summed E-state index contributed by atoms with van der Waals surface area (Å²) >= 11 is 5.88. The Balaban J connectivity index is 1.61. The zero-order valence-electron chi connectivity index (χ0n) is 17.3. The third kappa shape index (κ3) is 5.73. The lowest BCUT2D eigenvalue weighted by Crippen LogP contribution is -2.50. The second-order valence-electron chi connectivity index (χ2n) is 7.54. The van der Waals surface area contributed by atoms with Crippen molar-refractivity contribution in [3.05, 3.63) is 64.4 Å². The second kappa shape index (κ2) is 9.78. The van der Waals surface area contributed by atoms with Crippen LogP contribution in [0.5, 0.6) is 0 Å². The molecule has 0 atom stereocenters. The zero-order chi connectivity index (χ0) is 22.5. The Labute approximate surface area is 185 Å². The van der Waals surface area contributed by atoms with Gasteiger partial charge in [-0.15, -0.1) is 0 Å². The molecule has 1 saturated heterocycles. The van der Waals surface area contributed by atoms with Gasteiger partial charge in [-0.25, -0.2) is 9.18 Å². The highest BCUT2D eigenvalue weighted by Crippen LogP contribution is 2.19. The fourth-order valence-corrected chi connectivity index (χ4v) is 3.46. The number of nitrogens with zero attached hydrogens (tertiary/aromatic N) is 2. The van der Waals surface area contributed by atoms with E-state index in [1.807, 2.05) is 13.8 Å². The van der Waals surface area contributed by atoms with Gasteiger partial charge in [0.05, 0.1) is 5.56 Å². The lowest BCUT2D eigenvalue weighted by molar-refractivity contribution is 0.0533. The van der Waals surface area contributed by atoms with Crippen molar-refractivity contribution in [3.8, 4) is 0 Å². The summed E-state index contributed by atoms with van der Waals surface area (Å²) in [7, 11) is 0. The summed E-state index contributed by atoms with van der Waals surface area (Å²) in [6.45, 7) is 4.91. The van der Waals surface area contributed by atoms with E-state index in [9.17, 15) is 18.8 Å². The number of carbonyl (C=O) groups is 3. The molecular weight excluding hydrogens is 423 g/mol. The molecule has 1 heterocycles. The minimum Gasteiger partial charge on any atom is -0.336 e. The summed E-state index contributed by atoms with van der Waals surface area (Å²) in [6.07, 6.45) is 0. The number of halogens is 2. The van der Waals surface area contributed by atoms with Crippen LogP contribution in [-0.2, 0) is 0 Å². The van der Waals surface area contributed by atoms with Gasteiger partial charge in [-0.1, -0.05) is 17.7 Å². The first-order valence-corrected chi connectivity index (χ1v) is 10.3. The first-order valence-electron chi connectivity index (χ1n) is 9.96. The highest BCUT2D eigenvalue weighted by Gasteiger charge is 2.27. The van der Waals surface area contributed by atoms with E-state index < -0.39 is 11.7 Å². The Bertz CT molecular complexity index is 990. The molecule has 3 rings (SSSR count). The van der Waals surface area contributed by atoms with Crippen molar-refractivity contribution in [2.45, 2.75) is 19.9 Å². The summed E-state index contributed by atoms with van der Waals surface area (Å²) < 4.78 is 14.0. The third-order valence-corrected chi connectivity index (χ3v) is 5.04. The molecule has 0 unspecified atom stereocenters. The van der Waals surface area contributed by atoms with Crippen molar-refractivity contribution in [2.24, 2.45) is 0 Å². The van der Waals surface area contributed by atoms with Crippen molar-refractivity contribution in [2.75, 3.05) is 31.5 Å². The van der Waals surface area contributed by atoms with Crippen molar-refractivity contribution in [1.29, 1.82) is 0 Å². The van der Waals surface area contributed by atoms with Gasteiger partial charge in [0.15, 0.2) is 0 Å². The van der Waals surface area contributed by atoms with Gasteiger partial charge in [-0.05, 0) is 50.2 Å². The van der Waals surface area contributed by atoms with Gasteiger partial charge in [-0.2, -0.15) is 0 Å². The summed E-state index contributed by atoms with van der Waals surface area (Å²) in [5.41, 5.74) is 0.864. The third-order valence-electron chi connectivity index (χ3n) is 4.80. The number of rotatable bonds is 4. The molecule has 9 heteroatoms. The van der Waals surface area contributed by atoms with E-state index in [0.717, 1.165) is 6.07 Å². The molecule has 0 spiro atoms. The van der Waals surface area contributed by atoms with Gasteiger partial charge in [0.1, 0.15) is 5.82 Å². The molecule has 4 amide bonds. The first kappa shape index (κ1) is 22.6. The van der Waals surface area contributed by atoms with E-state index in [0.29, 0.717) is 24.3 Å². The Kier molecular flexibility index (Phi) is 7.12. The van der Waals surface area contributed by atoms with Crippen molar-refractivity contribution in [1.82, 2.24) is 15.1 Å². The fourth-order valence-electron chi connectivity index (χ4n) is 3.29. The molecule has 1 fully saturated rings. The molecule has 0 saturated carbocycles. The van der Waals surface area contributed by atoms with E-state index in [2.05, 4.69) is 10.6 Å². The quantitative estimate of drug-likeness (QED) is 0.752. The average Bonchev–Trinajstić information content (AvgIpc) is 2.74. The van der Waals surface area contributed by atoms with Gasteiger partial charge in [0, 0.05) is 48.5 Å². The predicted octanol–water partition coefficient (Wildman–Crippen LogP) is 3.61. The molecule has 0 bridgehead atoms. The maximum Gasteiger partial charge on any atom is 0.319 e. The molecule has 1 aliphatic heterocycles. The largest absolute Gasteiger partial charge is 0.336 e. The van der Waals surface area contributed by atoms with E-state index in [4.69, 9.17) is 11.6 Å². The Hall–Kier alpha value is -3.13. The molecule has 1 aliphatic rings. The summed E-state index contributed by atoms with van der Waals surface area (Å²) in [4.78, 5) is 40.5. The number of urea groups is 1. The summed E-state index contributed by atoms with van der Waals surface area (Å²) in [5, 5.41) is 5.71. The maximum absolute atomic E-state index is 14.0. The molecule has 2 aromatic rings. The SMILES string of the molecule is CC(C)NC(=O)Nc1cccc(C(=O)N2CCN(C(=O)c3cc(Cl)ccc3F)CC2)c1. The van der Waals surface area contributed by atoms with Crippen LogP contribution >= 0.6 is 11.6 Å². The number of benzene rings is 2. The molecule has 2 aromatic carbocycles. The van der Waals surface area contributed by atoms with Gasteiger partial charge < -0.3 is 20.4 Å². The fraction of sp³-hybridized carbons (Fsp3) is 0.318. The molecule has 2 N–H and O–H groups in total. The highest BCUT2D eigenvalue weighted by atomic mass is 35.5. The lowest BCUT2D eigenvalue weighted by atomic mass is 10.1. The smallest absolute Gasteiger partial charge is 0.319 e. The van der Waals surface area contributed by atoms with Crippen LogP contribution in [0.4, 0.5) is 14.9 Å². The summed E-state index contributed by atoms with van der Waals surface area (Å²) in [6, 6.07) is 10.2. The lowest BCUT2D eigenvalue weighted by Gasteiger charge is -2.35. The minimum absolute atomic E-state index is 0.00999. The van der Waals surface area contributed by atoms with Crippen LogP contribution in [0.2, 0.25) is 5.02 Å². The van der Waals surface area contributed by atoms with E-state index in [-0.39, 0.29) is 41.7 Å². The minimum atomic E-state index is -0.626. The second-order valence-corrected chi connectivity index (χ2v) is 7.98. The standard InChI is InChI=1S/C22H24ClFN4O3/c1-14(2)25-22(31)26-17-5-3-4-15(12-17)20(29)27-8-10-28(11-9-27)21(30)18-13-16(23)6-7-19(18)24/h3-7,12-14H,8-11H2,1-2H3,(H2,25,26,31). The molecule has 0 radical (unpaired) electrons. The van der Waals surface area contributed by atoms with E-state index >= 15 is 0 Å². The number of hydrogen-bond donors (Lipinski definition) is 2. The Morgan fingerprint density at radius 1 is 0.968 bits per heavy atom. The van der Waals surface area contributed by atoms with Gasteiger partial charge in [0.2, 0.25) is 0 Å². The molecule has 7 nitrogen and oxygen atoms in total. The maximum atomic E-state index is 14.0. The van der Waals surface area contributed by atoms with Crippen LogP contribution in [0, 0.1) is 5.82 Å². The van der Waals surface area contributed by atoms with Crippen LogP contribution in [0.15, 0.2) is 42.5 Å². The van der Waals surface area contributed by atoms with Crippen molar-refractivity contribution >= 4 is 35.1 Å². The van der Waals surface area contributed by atoms with Gasteiger partial charge in [0.25, 0.3) is 11.8 Å². The number of anilines is 1. The molecule has 164 valence electrons.